The van der Waals surface area contributed by atoms with Crippen LogP contribution >= 0.6 is 0 Å². The molecule has 1 aromatic carbocycles. The fraction of sp³-hybridized carbons (Fsp3) is 0.412. The Bertz CT molecular complexity index is 1030. The van der Waals surface area contributed by atoms with E-state index in [-0.39, 0.29) is 47.6 Å². The molecule has 144 valence electrons. The molecule has 2 aliphatic rings. The Kier molecular flexibility index (Phi) is 7.10. The summed E-state index contributed by atoms with van der Waals surface area (Å²) >= 11 is 0. The minimum atomic E-state index is -1.65. The minimum Gasteiger partial charge on any atom is -0.844 e. The second kappa shape index (κ2) is 8.78. The Labute approximate surface area is 181 Å². The summed E-state index contributed by atoms with van der Waals surface area (Å²) < 4.78 is 1.38. The van der Waals surface area contributed by atoms with Crippen LogP contribution in [0.25, 0.3) is 22.6 Å². The molecule has 0 fully saturated rings. The van der Waals surface area contributed by atoms with E-state index in [4.69, 9.17) is 5.11 Å². The molecule has 0 saturated heterocycles. The molecule has 0 spiro atoms. The first-order valence-electron chi connectivity index (χ1n) is 8.24. The van der Waals surface area contributed by atoms with Gasteiger partial charge >= 0.3 is 29.6 Å². The maximum absolute atomic E-state index is 12.1. The van der Waals surface area contributed by atoms with E-state index >= 15 is 0 Å². The summed E-state index contributed by atoms with van der Waals surface area (Å²) in [6, 6.07) is 2.52. The Balaban J connectivity index is 0.00000280. The number of hydrogen-bond donors (Lipinski definition) is 4. The number of rotatable bonds is 5. The maximum Gasteiger partial charge on any atom is 1.00 e. The molecule has 0 aromatic heterocycles. The molecule has 2 heterocycles. The third-order valence-electron chi connectivity index (χ3n) is 4.53. The number of nitrogens with zero attached hydrogens (tertiary/aromatic N) is 4. The number of aryl methyl sites for hydroxylation is 2. The molecule has 10 nitrogen and oxygen atoms in total. The van der Waals surface area contributed by atoms with Crippen LogP contribution in [0.1, 0.15) is 11.1 Å². The third kappa shape index (κ3) is 4.18. The van der Waals surface area contributed by atoms with E-state index < -0.39 is 36.5 Å². The zero-order valence-electron chi connectivity index (χ0n) is 15.7. The van der Waals surface area contributed by atoms with E-state index in [2.05, 4.69) is 15.0 Å². The standard InChI is InChI=1S/C17H20N4O6.Na/c1-7-3-9-10(4-8(7)2)21(5-11(23)14(25)12(24)6-22)15-13(18-9)16(26)20-17(27)19-15;/h3-4,11-12,14,22-25H,5-6H2,1-2H3,(H,20,26,27);/q;+1/p-1. The van der Waals surface area contributed by atoms with Crippen molar-refractivity contribution in [3.63, 3.8) is 0 Å². The molecule has 3 unspecified atom stereocenters. The first-order valence-corrected chi connectivity index (χ1v) is 8.24. The smallest absolute Gasteiger partial charge is 0.844 e. The number of aromatic nitrogens is 4. The summed E-state index contributed by atoms with van der Waals surface area (Å²) in [5, 5.41) is 50.4. The van der Waals surface area contributed by atoms with Crippen molar-refractivity contribution in [1.82, 2.24) is 19.5 Å². The molecule has 0 radical (unpaired) electrons. The SMILES string of the molecule is Cc1cc2nc3c(=O)nc([O-])nc-3n(CC(O)C(O)C(O)CO)c2cc1C.[Na+]. The predicted molar refractivity (Wildman–Crippen MR) is 92.2 cm³/mol. The van der Waals surface area contributed by atoms with Crippen molar-refractivity contribution in [1.29, 1.82) is 0 Å². The molecule has 1 aromatic rings. The van der Waals surface area contributed by atoms with Gasteiger partial charge in [0, 0.05) is 0 Å². The fourth-order valence-corrected chi connectivity index (χ4v) is 2.86. The van der Waals surface area contributed by atoms with Gasteiger partial charge in [0.1, 0.15) is 18.3 Å². The largest absolute Gasteiger partial charge is 1.00 e. The second-order valence-corrected chi connectivity index (χ2v) is 6.44. The van der Waals surface area contributed by atoms with E-state index in [0.29, 0.717) is 11.0 Å². The zero-order chi connectivity index (χ0) is 19.9. The van der Waals surface area contributed by atoms with E-state index in [1.165, 1.54) is 4.57 Å². The van der Waals surface area contributed by atoms with Gasteiger partial charge in [-0.15, -0.1) is 0 Å². The van der Waals surface area contributed by atoms with Crippen molar-refractivity contribution in [3.8, 4) is 17.5 Å². The van der Waals surface area contributed by atoms with E-state index in [1.54, 1.807) is 12.1 Å². The minimum absolute atomic E-state index is 0. The number of benzene rings is 1. The normalized spacial score (nSPS) is 14.6. The summed E-state index contributed by atoms with van der Waals surface area (Å²) in [5.41, 5.74) is 1.74. The van der Waals surface area contributed by atoms with E-state index in [0.717, 1.165) is 11.1 Å². The van der Waals surface area contributed by atoms with Crippen LogP contribution in [0.5, 0.6) is 6.01 Å². The van der Waals surface area contributed by atoms with Gasteiger partial charge in [0.15, 0.2) is 11.5 Å². The molecular weight excluding hydrogens is 379 g/mol. The Hall–Kier alpha value is -1.66. The molecule has 3 rings (SSSR count). The summed E-state index contributed by atoms with van der Waals surface area (Å²) in [7, 11) is 0. The topological polar surface area (TPSA) is 165 Å². The Morgan fingerprint density at radius 3 is 2.36 bits per heavy atom. The van der Waals surface area contributed by atoms with Crippen molar-refractivity contribution >= 4 is 11.0 Å². The molecule has 0 saturated carbocycles. The van der Waals surface area contributed by atoms with Crippen molar-refractivity contribution in [2.45, 2.75) is 38.7 Å². The van der Waals surface area contributed by atoms with Crippen LogP contribution in [0.4, 0.5) is 0 Å². The monoisotopic (exact) mass is 398 g/mol. The predicted octanol–water partition coefficient (Wildman–Crippen LogP) is -4.94. The summed E-state index contributed by atoms with van der Waals surface area (Å²) in [6.07, 6.45) is -4.70. The van der Waals surface area contributed by atoms with Gasteiger partial charge in [0.25, 0.3) is 5.56 Å². The Morgan fingerprint density at radius 2 is 1.71 bits per heavy atom. The van der Waals surface area contributed by atoms with Gasteiger partial charge in [-0.1, -0.05) is 0 Å². The van der Waals surface area contributed by atoms with Gasteiger partial charge in [-0.25, -0.2) is 15.0 Å². The second-order valence-electron chi connectivity index (χ2n) is 6.44. The number of aliphatic hydroxyl groups is 4. The van der Waals surface area contributed by atoms with Crippen LogP contribution in [-0.4, -0.2) is 64.9 Å². The zero-order valence-corrected chi connectivity index (χ0v) is 17.7. The van der Waals surface area contributed by atoms with Gasteiger partial charge in [-0.3, -0.25) is 4.79 Å². The van der Waals surface area contributed by atoms with Crippen molar-refractivity contribution in [2.75, 3.05) is 6.61 Å². The molecule has 0 aliphatic carbocycles. The van der Waals surface area contributed by atoms with Crippen LogP contribution in [0.15, 0.2) is 16.9 Å². The van der Waals surface area contributed by atoms with Crippen molar-refractivity contribution in [3.05, 3.63) is 33.6 Å². The molecule has 0 bridgehead atoms. The fourth-order valence-electron chi connectivity index (χ4n) is 2.86. The summed E-state index contributed by atoms with van der Waals surface area (Å²) in [5.74, 6) is -0.0829. The van der Waals surface area contributed by atoms with Gasteiger partial charge in [-0.2, -0.15) is 0 Å². The van der Waals surface area contributed by atoms with Gasteiger partial charge in [-0.05, 0) is 37.1 Å². The molecule has 2 aliphatic heterocycles. The average Bonchev–Trinajstić information content (AvgIpc) is 2.62. The van der Waals surface area contributed by atoms with E-state index in [9.17, 15) is 25.2 Å². The average molecular weight is 398 g/mol. The summed E-state index contributed by atoms with van der Waals surface area (Å²) in [4.78, 5) is 23.4. The van der Waals surface area contributed by atoms with Gasteiger partial charge in [0.05, 0.1) is 30.2 Å². The Morgan fingerprint density at radius 1 is 1.07 bits per heavy atom. The van der Waals surface area contributed by atoms with E-state index in [1.807, 2.05) is 13.8 Å². The van der Waals surface area contributed by atoms with Gasteiger partial charge in [0.2, 0.25) is 0 Å². The number of fused-ring (bicyclic) bond motifs is 2. The molecule has 0 amide bonds. The van der Waals surface area contributed by atoms with Crippen molar-refractivity contribution < 1.29 is 55.1 Å². The molecule has 11 heteroatoms. The van der Waals surface area contributed by atoms with Crippen LogP contribution in [-0.2, 0) is 6.54 Å². The van der Waals surface area contributed by atoms with Crippen LogP contribution in [0, 0.1) is 13.8 Å². The molecule has 28 heavy (non-hydrogen) atoms. The molecular formula is C17H19N4NaO6. The first kappa shape index (κ1) is 22.6. The summed E-state index contributed by atoms with van der Waals surface area (Å²) in [6.45, 7) is 2.70. The van der Waals surface area contributed by atoms with Crippen molar-refractivity contribution in [2.24, 2.45) is 0 Å². The first-order chi connectivity index (χ1) is 12.7. The van der Waals surface area contributed by atoms with Gasteiger partial charge < -0.3 is 30.1 Å². The molecule has 3 atom stereocenters. The van der Waals surface area contributed by atoms with Crippen LogP contribution in [0.2, 0.25) is 0 Å². The maximum atomic E-state index is 12.1. The number of hydrogen-bond acceptors (Lipinski definition) is 9. The number of aliphatic hydroxyl groups excluding tert-OH is 4. The third-order valence-corrected chi connectivity index (χ3v) is 4.53. The van der Waals surface area contributed by atoms with Crippen LogP contribution < -0.4 is 40.2 Å². The quantitative estimate of drug-likeness (QED) is 0.243. The molecule has 4 N–H and O–H groups in total. The van der Waals surface area contributed by atoms with Crippen LogP contribution in [0.3, 0.4) is 0 Å².